The molecule has 0 saturated heterocycles. The van der Waals surface area contributed by atoms with Gasteiger partial charge in [0.25, 0.3) is 5.91 Å². The SMILES string of the molecule is COC(=O)CNC(=O)COC(=O)c1cncc(Br)c1. The number of carbonyl (C=O) groups is 3. The first-order valence-corrected chi connectivity index (χ1v) is 5.93. The predicted octanol–water partition coefficient (Wildman–Crippen LogP) is 0.290. The second-order valence-corrected chi connectivity index (χ2v) is 4.24. The molecule has 1 aromatic heterocycles. The van der Waals surface area contributed by atoms with Crippen molar-refractivity contribution in [3.8, 4) is 0 Å². The lowest BCUT2D eigenvalue weighted by Crippen LogP contribution is -2.33. The maximum absolute atomic E-state index is 11.5. The van der Waals surface area contributed by atoms with Crippen LogP contribution in [0.5, 0.6) is 0 Å². The van der Waals surface area contributed by atoms with E-state index in [2.05, 4.69) is 31.0 Å². The molecule has 0 unspecified atom stereocenters. The highest BCUT2D eigenvalue weighted by molar-refractivity contribution is 9.10. The number of ether oxygens (including phenoxy) is 2. The lowest BCUT2D eigenvalue weighted by Gasteiger charge is -2.05. The number of amides is 1. The van der Waals surface area contributed by atoms with Crippen molar-refractivity contribution >= 4 is 33.8 Å². The van der Waals surface area contributed by atoms with Gasteiger partial charge in [-0.1, -0.05) is 0 Å². The fourth-order valence-electron chi connectivity index (χ4n) is 1.03. The van der Waals surface area contributed by atoms with Crippen LogP contribution in [0.15, 0.2) is 22.9 Å². The second-order valence-electron chi connectivity index (χ2n) is 3.32. The maximum Gasteiger partial charge on any atom is 0.340 e. The third-order valence-corrected chi connectivity index (χ3v) is 2.37. The largest absolute Gasteiger partial charge is 0.468 e. The Morgan fingerprint density at radius 3 is 2.74 bits per heavy atom. The number of nitrogens with one attached hydrogen (secondary N) is 1. The number of hydrogen-bond donors (Lipinski definition) is 1. The number of rotatable bonds is 5. The van der Waals surface area contributed by atoms with Gasteiger partial charge in [-0.05, 0) is 22.0 Å². The molecule has 1 heterocycles. The van der Waals surface area contributed by atoms with Gasteiger partial charge < -0.3 is 14.8 Å². The first-order valence-electron chi connectivity index (χ1n) is 5.14. The third kappa shape index (κ3) is 5.47. The summed E-state index contributed by atoms with van der Waals surface area (Å²) < 4.78 is 9.70. The summed E-state index contributed by atoms with van der Waals surface area (Å²) in [6.07, 6.45) is 2.83. The number of halogens is 1. The molecule has 0 atom stereocenters. The fraction of sp³-hybridized carbons (Fsp3) is 0.273. The van der Waals surface area contributed by atoms with Crippen LogP contribution >= 0.6 is 15.9 Å². The van der Waals surface area contributed by atoms with E-state index in [1.165, 1.54) is 25.6 Å². The molecule has 0 saturated carbocycles. The van der Waals surface area contributed by atoms with E-state index in [9.17, 15) is 14.4 Å². The number of carbonyl (C=O) groups excluding carboxylic acids is 3. The Kier molecular flexibility index (Phi) is 5.94. The zero-order valence-corrected chi connectivity index (χ0v) is 11.6. The van der Waals surface area contributed by atoms with Crippen LogP contribution in [0.3, 0.4) is 0 Å². The van der Waals surface area contributed by atoms with E-state index in [4.69, 9.17) is 4.74 Å². The molecule has 1 aromatic rings. The highest BCUT2D eigenvalue weighted by Gasteiger charge is 2.11. The van der Waals surface area contributed by atoms with Gasteiger partial charge in [0.05, 0.1) is 12.7 Å². The number of methoxy groups -OCH3 is 1. The van der Waals surface area contributed by atoms with Gasteiger partial charge >= 0.3 is 11.9 Å². The molecule has 0 spiro atoms. The lowest BCUT2D eigenvalue weighted by molar-refractivity contribution is -0.141. The number of hydrogen-bond acceptors (Lipinski definition) is 6. The smallest absolute Gasteiger partial charge is 0.340 e. The van der Waals surface area contributed by atoms with Gasteiger partial charge in [0.15, 0.2) is 6.61 Å². The molecule has 0 fully saturated rings. The number of esters is 2. The molecule has 1 amide bonds. The summed E-state index contributed by atoms with van der Waals surface area (Å²) in [5.41, 5.74) is 0.218. The van der Waals surface area contributed by atoms with Gasteiger partial charge in [0, 0.05) is 16.9 Å². The predicted molar refractivity (Wildman–Crippen MR) is 67.2 cm³/mol. The zero-order chi connectivity index (χ0) is 14.3. The average molecular weight is 331 g/mol. The first-order chi connectivity index (χ1) is 9.02. The van der Waals surface area contributed by atoms with Crippen LogP contribution in [0.4, 0.5) is 0 Å². The van der Waals surface area contributed by atoms with Crippen LogP contribution < -0.4 is 5.32 Å². The minimum Gasteiger partial charge on any atom is -0.468 e. The summed E-state index contributed by atoms with van der Waals surface area (Å²) in [7, 11) is 1.20. The van der Waals surface area contributed by atoms with Crippen molar-refractivity contribution in [3.05, 3.63) is 28.5 Å². The van der Waals surface area contributed by atoms with Crippen LogP contribution in [-0.4, -0.2) is 43.1 Å². The Balaban J connectivity index is 2.38. The quantitative estimate of drug-likeness (QED) is 0.780. The molecule has 102 valence electrons. The summed E-state index contributed by atoms with van der Waals surface area (Å²) in [4.78, 5) is 37.3. The summed E-state index contributed by atoms with van der Waals surface area (Å²) in [6.45, 7) is -0.756. The van der Waals surface area contributed by atoms with Crippen LogP contribution in [0, 0.1) is 0 Å². The van der Waals surface area contributed by atoms with Gasteiger partial charge in [-0.3, -0.25) is 14.6 Å². The van der Waals surface area contributed by atoms with E-state index < -0.39 is 24.5 Å². The summed E-state index contributed by atoms with van der Waals surface area (Å²) in [6, 6.07) is 1.52. The van der Waals surface area contributed by atoms with Crippen molar-refractivity contribution in [3.63, 3.8) is 0 Å². The fourth-order valence-corrected chi connectivity index (χ4v) is 1.40. The normalized spacial score (nSPS) is 9.58. The minimum absolute atomic E-state index is 0.218. The van der Waals surface area contributed by atoms with E-state index in [0.717, 1.165) is 0 Å². The van der Waals surface area contributed by atoms with Crippen LogP contribution in [0.2, 0.25) is 0 Å². The van der Waals surface area contributed by atoms with Crippen LogP contribution in [-0.2, 0) is 19.1 Å². The monoisotopic (exact) mass is 330 g/mol. The second kappa shape index (κ2) is 7.47. The minimum atomic E-state index is -0.679. The highest BCUT2D eigenvalue weighted by atomic mass is 79.9. The number of aromatic nitrogens is 1. The third-order valence-electron chi connectivity index (χ3n) is 1.93. The van der Waals surface area contributed by atoms with Gasteiger partial charge in [-0.25, -0.2) is 4.79 Å². The van der Waals surface area contributed by atoms with E-state index in [0.29, 0.717) is 4.47 Å². The average Bonchev–Trinajstić information content (AvgIpc) is 2.41. The summed E-state index contributed by atoms with van der Waals surface area (Å²) in [5.74, 6) is -1.86. The molecular weight excluding hydrogens is 320 g/mol. The summed E-state index contributed by atoms with van der Waals surface area (Å²) in [5, 5.41) is 2.24. The Hall–Kier alpha value is -1.96. The molecular formula is C11H11BrN2O5. The Labute approximate surface area is 117 Å². The van der Waals surface area contributed by atoms with E-state index in [1.807, 2.05) is 0 Å². The molecule has 0 bridgehead atoms. The van der Waals surface area contributed by atoms with Crippen molar-refractivity contribution in [2.75, 3.05) is 20.3 Å². The van der Waals surface area contributed by atoms with Gasteiger partial charge in [0.1, 0.15) is 6.54 Å². The molecule has 19 heavy (non-hydrogen) atoms. The van der Waals surface area contributed by atoms with E-state index in [-0.39, 0.29) is 12.1 Å². The molecule has 0 aromatic carbocycles. The Morgan fingerprint density at radius 1 is 1.37 bits per heavy atom. The lowest BCUT2D eigenvalue weighted by atomic mass is 10.3. The molecule has 0 aliphatic heterocycles. The topological polar surface area (TPSA) is 94.6 Å². The van der Waals surface area contributed by atoms with Gasteiger partial charge in [-0.2, -0.15) is 0 Å². The molecule has 0 radical (unpaired) electrons. The Morgan fingerprint density at radius 2 is 2.11 bits per heavy atom. The molecule has 0 aliphatic carbocycles. The Bertz CT molecular complexity index is 492. The standard InChI is InChI=1S/C11H11BrN2O5/c1-18-10(16)5-14-9(15)6-19-11(17)7-2-8(12)4-13-3-7/h2-4H,5-6H2,1H3,(H,14,15). The van der Waals surface area contributed by atoms with Gasteiger partial charge in [-0.15, -0.1) is 0 Å². The van der Waals surface area contributed by atoms with Gasteiger partial charge in [0.2, 0.25) is 0 Å². The van der Waals surface area contributed by atoms with Crippen LogP contribution in [0.25, 0.3) is 0 Å². The molecule has 1 rings (SSSR count). The summed E-state index contributed by atoms with van der Waals surface area (Å²) >= 11 is 3.16. The van der Waals surface area contributed by atoms with Crippen molar-refractivity contribution in [2.24, 2.45) is 0 Å². The first kappa shape index (κ1) is 15.1. The van der Waals surface area contributed by atoms with E-state index in [1.54, 1.807) is 0 Å². The maximum atomic E-state index is 11.5. The number of pyridine rings is 1. The highest BCUT2D eigenvalue weighted by Crippen LogP contribution is 2.10. The number of nitrogens with zero attached hydrogens (tertiary/aromatic N) is 1. The van der Waals surface area contributed by atoms with Crippen molar-refractivity contribution in [1.29, 1.82) is 0 Å². The van der Waals surface area contributed by atoms with Crippen LogP contribution in [0.1, 0.15) is 10.4 Å². The van der Waals surface area contributed by atoms with E-state index >= 15 is 0 Å². The van der Waals surface area contributed by atoms with Crippen molar-refractivity contribution < 1.29 is 23.9 Å². The molecule has 0 aliphatic rings. The van der Waals surface area contributed by atoms with Crippen molar-refractivity contribution in [1.82, 2.24) is 10.3 Å². The molecule has 1 N–H and O–H groups in total. The molecule has 7 nitrogen and oxygen atoms in total. The zero-order valence-electron chi connectivity index (χ0n) is 10.0. The van der Waals surface area contributed by atoms with Crippen molar-refractivity contribution in [2.45, 2.75) is 0 Å². The molecule has 8 heteroatoms.